The van der Waals surface area contributed by atoms with Crippen LogP contribution in [0, 0.1) is 20.8 Å². The summed E-state index contributed by atoms with van der Waals surface area (Å²) in [6.45, 7) is 8.23. The van der Waals surface area contributed by atoms with Gasteiger partial charge in [0.05, 0.1) is 24.4 Å². The maximum atomic E-state index is 13.1. The fraction of sp³-hybridized carbons (Fsp3) is 0.346. The van der Waals surface area contributed by atoms with Gasteiger partial charge in [0.25, 0.3) is 0 Å². The number of rotatable bonds is 7. The van der Waals surface area contributed by atoms with Crippen molar-refractivity contribution in [1.82, 2.24) is 19.7 Å². The van der Waals surface area contributed by atoms with E-state index in [9.17, 15) is 4.79 Å². The molecule has 1 aliphatic heterocycles. The zero-order valence-corrected chi connectivity index (χ0v) is 21.7. The van der Waals surface area contributed by atoms with E-state index in [1.54, 1.807) is 33.6 Å². The van der Waals surface area contributed by atoms with Crippen LogP contribution in [0.2, 0.25) is 0 Å². The Balaban J connectivity index is 1.42. The summed E-state index contributed by atoms with van der Waals surface area (Å²) in [5.41, 5.74) is 5.92. The Morgan fingerprint density at radius 3 is 2.80 bits per heavy atom. The van der Waals surface area contributed by atoms with Crippen molar-refractivity contribution >= 4 is 28.6 Å². The van der Waals surface area contributed by atoms with E-state index in [1.165, 1.54) is 14.6 Å². The summed E-state index contributed by atoms with van der Waals surface area (Å²) in [6.07, 6.45) is 2.51. The van der Waals surface area contributed by atoms with Gasteiger partial charge in [-0.2, -0.15) is 5.10 Å². The van der Waals surface area contributed by atoms with Crippen LogP contribution < -0.4 is 9.47 Å². The first kappa shape index (κ1) is 23.6. The van der Waals surface area contributed by atoms with Crippen LogP contribution in [0.15, 0.2) is 42.0 Å². The third kappa shape index (κ3) is 5.26. The van der Waals surface area contributed by atoms with Crippen molar-refractivity contribution in [2.75, 3.05) is 19.8 Å². The number of nitrogens with zero attached hydrogens (tertiary/aromatic N) is 4. The molecular weight excluding hydrogens is 480 g/mol. The van der Waals surface area contributed by atoms with E-state index >= 15 is 0 Å². The topological polar surface area (TPSA) is 69.5 Å². The zero-order chi connectivity index (χ0) is 24.4. The number of amides is 1. The maximum absolute atomic E-state index is 13.1. The zero-order valence-electron chi connectivity index (χ0n) is 20.1. The monoisotopic (exact) mass is 508 g/mol. The molecule has 0 spiro atoms. The molecule has 1 amide bonds. The molecule has 35 heavy (non-hydrogen) atoms. The Labute approximate surface area is 213 Å². The number of fused-ring (bicyclic) bond motifs is 1. The largest absolute Gasteiger partial charge is 0.489 e. The standard InChI is InChI=1S/C26H28N4O3S2/c1-17-6-8-28-30(17)15-25(31)29-9-11-33-26-21(14-29)12-20(24-5-4-18(2)35-24)13-22(26)32-10-7-23-19(3)27-16-34-23/h4-6,8,12-13,16H,7,9-11,14-15H2,1-3H3. The fourth-order valence-corrected chi connectivity index (χ4v) is 5.77. The molecule has 3 aromatic heterocycles. The lowest BCUT2D eigenvalue weighted by Gasteiger charge is -2.20. The van der Waals surface area contributed by atoms with Gasteiger partial charge in [0.15, 0.2) is 11.5 Å². The number of aromatic nitrogens is 3. The van der Waals surface area contributed by atoms with Gasteiger partial charge in [0.1, 0.15) is 13.2 Å². The van der Waals surface area contributed by atoms with Crippen LogP contribution in [-0.4, -0.2) is 45.3 Å². The van der Waals surface area contributed by atoms with Crippen LogP contribution in [-0.2, 0) is 24.3 Å². The minimum Gasteiger partial charge on any atom is -0.489 e. The summed E-state index contributed by atoms with van der Waals surface area (Å²) in [7, 11) is 0. The number of aryl methyl sites for hydroxylation is 3. The summed E-state index contributed by atoms with van der Waals surface area (Å²) in [5, 5.41) is 4.27. The third-order valence-corrected chi connectivity index (χ3v) is 8.17. The molecule has 4 heterocycles. The second-order valence-corrected chi connectivity index (χ2v) is 10.9. The quantitative estimate of drug-likeness (QED) is 0.350. The Morgan fingerprint density at radius 1 is 1.20 bits per heavy atom. The van der Waals surface area contributed by atoms with Crippen molar-refractivity contribution in [3.63, 3.8) is 0 Å². The van der Waals surface area contributed by atoms with E-state index in [2.05, 4.69) is 41.3 Å². The molecule has 0 unspecified atom stereocenters. The molecule has 1 aromatic carbocycles. The van der Waals surface area contributed by atoms with E-state index in [0.717, 1.165) is 40.4 Å². The Hall–Kier alpha value is -3.17. The van der Waals surface area contributed by atoms with Gasteiger partial charge < -0.3 is 14.4 Å². The lowest BCUT2D eigenvalue weighted by atomic mass is 10.1. The number of carbonyl (C=O) groups excluding carboxylic acids is 1. The average Bonchev–Trinajstić information content (AvgIpc) is 3.52. The normalized spacial score (nSPS) is 13.3. The smallest absolute Gasteiger partial charge is 0.244 e. The van der Waals surface area contributed by atoms with E-state index in [1.807, 2.05) is 30.3 Å². The number of hydrogen-bond acceptors (Lipinski definition) is 7. The highest BCUT2D eigenvalue weighted by Crippen LogP contribution is 2.40. The minimum atomic E-state index is 0.0220. The molecule has 0 radical (unpaired) electrons. The lowest BCUT2D eigenvalue weighted by Crippen LogP contribution is -2.35. The highest BCUT2D eigenvalue weighted by molar-refractivity contribution is 7.15. The first-order valence-electron chi connectivity index (χ1n) is 11.6. The van der Waals surface area contributed by atoms with Crippen LogP contribution in [0.1, 0.15) is 26.7 Å². The van der Waals surface area contributed by atoms with Gasteiger partial charge in [0.2, 0.25) is 5.91 Å². The molecule has 1 aliphatic rings. The van der Waals surface area contributed by atoms with Crippen LogP contribution in [0.3, 0.4) is 0 Å². The SMILES string of the molecule is Cc1ccc(-c2cc3c(c(OCCc4scnc4C)c2)OCCN(C(=O)Cn2nccc2C)C3)s1. The molecule has 0 saturated carbocycles. The summed E-state index contributed by atoms with van der Waals surface area (Å²) in [5.74, 6) is 1.48. The Bertz CT molecular complexity index is 1340. The van der Waals surface area contributed by atoms with Crippen molar-refractivity contribution in [3.05, 3.63) is 68.7 Å². The number of benzene rings is 1. The van der Waals surface area contributed by atoms with Gasteiger partial charge in [0, 0.05) is 45.1 Å². The van der Waals surface area contributed by atoms with Crippen LogP contribution in [0.5, 0.6) is 11.5 Å². The maximum Gasteiger partial charge on any atom is 0.244 e. The van der Waals surface area contributed by atoms with Crippen molar-refractivity contribution in [1.29, 1.82) is 0 Å². The summed E-state index contributed by atoms with van der Waals surface area (Å²) in [4.78, 5) is 23.0. The van der Waals surface area contributed by atoms with E-state index < -0.39 is 0 Å². The average molecular weight is 509 g/mol. The third-order valence-electron chi connectivity index (χ3n) is 6.12. The predicted molar refractivity (Wildman–Crippen MR) is 138 cm³/mol. The van der Waals surface area contributed by atoms with Gasteiger partial charge in [-0.15, -0.1) is 22.7 Å². The number of hydrogen-bond donors (Lipinski definition) is 0. The summed E-state index contributed by atoms with van der Waals surface area (Å²) >= 11 is 3.40. The molecule has 0 saturated heterocycles. The molecule has 0 aliphatic carbocycles. The van der Waals surface area contributed by atoms with Gasteiger partial charge >= 0.3 is 0 Å². The van der Waals surface area contributed by atoms with Crippen molar-refractivity contribution in [2.45, 2.75) is 40.3 Å². The van der Waals surface area contributed by atoms with E-state index in [4.69, 9.17) is 9.47 Å². The number of ether oxygens (including phenoxy) is 2. The Kier molecular flexibility index (Phi) is 6.88. The molecule has 182 valence electrons. The molecule has 0 N–H and O–H groups in total. The molecule has 0 atom stereocenters. The number of thiazole rings is 1. The molecule has 0 bridgehead atoms. The highest BCUT2D eigenvalue weighted by Gasteiger charge is 2.24. The molecular formula is C26H28N4O3S2. The van der Waals surface area contributed by atoms with Gasteiger partial charge in [-0.25, -0.2) is 4.98 Å². The van der Waals surface area contributed by atoms with E-state index in [-0.39, 0.29) is 12.5 Å². The first-order chi connectivity index (χ1) is 17.0. The van der Waals surface area contributed by atoms with Gasteiger partial charge in [-0.3, -0.25) is 9.48 Å². The highest BCUT2D eigenvalue weighted by atomic mass is 32.1. The van der Waals surface area contributed by atoms with Crippen LogP contribution in [0.25, 0.3) is 10.4 Å². The predicted octanol–water partition coefficient (Wildman–Crippen LogP) is 5.04. The molecule has 9 heteroatoms. The van der Waals surface area contributed by atoms with Gasteiger partial charge in [-0.05, 0) is 56.7 Å². The van der Waals surface area contributed by atoms with Crippen LogP contribution in [0.4, 0.5) is 0 Å². The van der Waals surface area contributed by atoms with E-state index in [0.29, 0.717) is 26.3 Å². The van der Waals surface area contributed by atoms with Crippen molar-refractivity contribution < 1.29 is 14.3 Å². The minimum absolute atomic E-state index is 0.0220. The number of thiophene rings is 1. The molecule has 4 aromatic rings. The fourth-order valence-electron chi connectivity index (χ4n) is 4.15. The molecule has 5 rings (SSSR count). The van der Waals surface area contributed by atoms with Crippen molar-refractivity contribution in [3.8, 4) is 21.9 Å². The molecule has 0 fully saturated rings. The van der Waals surface area contributed by atoms with Gasteiger partial charge in [-0.1, -0.05) is 0 Å². The lowest BCUT2D eigenvalue weighted by molar-refractivity contribution is -0.132. The van der Waals surface area contributed by atoms with Crippen LogP contribution >= 0.6 is 22.7 Å². The second-order valence-electron chi connectivity index (χ2n) is 8.63. The second kappa shape index (κ2) is 10.2. The number of carbonyl (C=O) groups is 1. The molecule has 7 nitrogen and oxygen atoms in total. The Morgan fingerprint density at radius 2 is 2.09 bits per heavy atom. The first-order valence-corrected chi connectivity index (χ1v) is 13.3. The van der Waals surface area contributed by atoms with Crippen molar-refractivity contribution in [2.24, 2.45) is 0 Å². The summed E-state index contributed by atoms with van der Waals surface area (Å²) < 4.78 is 14.2. The summed E-state index contributed by atoms with van der Waals surface area (Å²) in [6, 6.07) is 10.4.